The van der Waals surface area contributed by atoms with Crippen LogP contribution in [0.4, 0.5) is 0 Å². The van der Waals surface area contributed by atoms with Gasteiger partial charge in [0, 0.05) is 5.71 Å². The Balaban J connectivity index is 3.47. The molecule has 0 radical (unpaired) electrons. The minimum Gasteiger partial charge on any atom is -0.484 e. The summed E-state index contributed by atoms with van der Waals surface area (Å²) in [5, 5.41) is 22.1. The van der Waals surface area contributed by atoms with Crippen molar-refractivity contribution in [2.24, 2.45) is 0 Å². The summed E-state index contributed by atoms with van der Waals surface area (Å²) < 4.78 is 4.45. The van der Waals surface area contributed by atoms with Crippen LogP contribution in [0.1, 0.15) is 6.42 Å². The van der Waals surface area contributed by atoms with Gasteiger partial charge in [0.2, 0.25) is 0 Å². The molecule has 0 atom stereocenters. The molecular formula is C5H10N2O2. The number of ether oxygens (including phenoxy) is 1. The van der Waals surface area contributed by atoms with Crippen molar-refractivity contribution in [3.63, 3.8) is 0 Å². The van der Waals surface area contributed by atoms with Crippen molar-refractivity contribution < 1.29 is 9.84 Å². The third-order valence-electron chi connectivity index (χ3n) is 0.811. The molecule has 3 N–H and O–H groups in total. The molecule has 0 aromatic rings. The van der Waals surface area contributed by atoms with E-state index in [0.717, 1.165) is 0 Å². The second-order valence-corrected chi connectivity index (χ2v) is 1.57. The van der Waals surface area contributed by atoms with Crippen LogP contribution in [0.2, 0.25) is 0 Å². The van der Waals surface area contributed by atoms with Crippen LogP contribution in [0.25, 0.3) is 0 Å². The van der Waals surface area contributed by atoms with Crippen LogP contribution in [0.5, 0.6) is 0 Å². The van der Waals surface area contributed by atoms with Gasteiger partial charge < -0.3 is 15.3 Å². The zero-order valence-corrected chi connectivity index (χ0v) is 5.27. The largest absolute Gasteiger partial charge is 0.484 e. The number of aliphatic hydroxyl groups excluding tert-OH is 1. The first kappa shape index (κ1) is 8.10. The van der Waals surface area contributed by atoms with Crippen LogP contribution in [-0.2, 0) is 4.74 Å². The van der Waals surface area contributed by atoms with Gasteiger partial charge >= 0.3 is 0 Å². The summed E-state index contributed by atoms with van der Waals surface area (Å²) >= 11 is 0. The Morgan fingerprint density at radius 1 is 1.56 bits per heavy atom. The van der Waals surface area contributed by atoms with Crippen molar-refractivity contribution in [2.45, 2.75) is 6.42 Å². The molecular weight excluding hydrogens is 120 g/mol. The highest BCUT2D eigenvalue weighted by atomic mass is 16.5. The molecule has 0 fully saturated rings. The molecule has 0 unspecified atom stereocenters. The zero-order valence-electron chi connectivity index (χ0n) is 5.27. The summed E-state index contributed by atoms with van der Waals surface area (Å²) in [7, 11) is 1.37. The van der Waals surface area contributed by atoms with Gasteiger partial charge in [-0.25, -0.2) is 0 Å². The van der Waals surface area contributed by atoms with Crippen LogP contribution in [0, 0.1) is 10.8 Å². The van der Waals surface area contributed by atoms with Gasteiger partial charge in [0.15, 0.2) is 5.90 Å². The zero-order chi connectivity index (χ0) is 7.28. The Hall–Kier alpha value is -0.900. The highest BCUT2D eigenvalue weighted by Crippen LogP contribution is 1.85. The molecule has 9 heavy (non-hydrogen) atoms. The van der Waals surface area contributed by atoms with Crippen molar-refractivity contribution >= 4 is 11.6 Å². The molecule has 0 saturated heterocycles. The van der Waals surface area contributed by atoms with Gasteiger partial charge in [0.05, 0.1) is 20.1 Å². The molecule has 4 nitrogen and oxygen atoms in total. The van der Waals surface area contributed by atoms with E-state index >= 15 is 0 Å². The highest BCUT2D eigenvalue weighted by molar-refractivity contribution is 5.98. The summed E-state index contributed by atoms with van der Waals surface area (Å²) in [6, 6.07) is 0. The Bertz CT molecular complexity index is 108. The van der Waals surface area contributed by atoms with Gasteiger partial charge in [-0.05, 0) is 0 Å². The Kier molecular flexibility index (Phi) is 3.62. The fraction of sp³-hybridized carbons (Fsp3) is 0.600. The van der Waals surface area contributed by atoms with Gasteiger partial charge in [-0.3, -0.25) is 5.41 Å². The first-order chi connectivity index (χ1) is 4.20. The molecule has 0 amide bonds. The van der Waals surface area contributed by atoms with Crippen molar-refractivity contribution in [3.8, 4) is 0 Å². The fourth-order valence-corrected chi connectivity index (χ4v) is 0.322. The number of hydrogen-bond acceptors (Lipinski definition) is 4. The molecule has 52 valence electrons. The molecule has 0 aliphatic carbocycles. The number of hydrogen-bond donors (Lipinski definition) is 3. The van der Waals surface area contributed by atoms with Crippen molar-refractivity contribution in [1.29, 1.82) is 10.8 Å². The van der Waals surface area contributed by atoms with E-state index in [1.54, 1.807) is 0 Å². The lowest BCUT2D eigenvalue weighted by atomic mass is 10.3. The normalized spacial score (nSPS) is 8.67. The van der Waals surface area contributed by atoms with Gasteiger partial charge in [0.25, 0.3) is 0 Å². The molecule has 0 aliphatic rings. The molecule has 0 aromatic heterocycles. The summed E-state index contributed by atoms with van der Waals surface area (Å²) in [4.78, 5) is 0. The smallest absolute Gasteiger partial charge is 0.185 e. The second-order valence-electron chi connectivity index (χ2n) is 1.57. The van der Waals surface area contributed by atoms with Crippen LogP contribution in [0.15, 0.2) is 0 Å². The molecule has 4 heteroatoms. The summed E-state index contributed by atoms with van der Waals surface area (Å²) in [6.45, 7) is -0.300. The van der Waals surface area contributed by atoms with E-state index in [1.165, 1.54) is 7.11 Å². The van der Waals surface area contributed by atoms with E-state index in [1.807, 2.05) is 0 Å². The van der Waals surface area contributed by atoms with Crippen molar-refractivity contribution in [1.82, 2.24) is 0 Å². The first-order valence-corrected chi connectivity index (χ1v) is 2.49. The summed E-state index contributed by atoms with van der Waals surface area (Å²) in [6.07, 6.45) is 0.104. The third-order valence-corrected chi connectivity index (χ3v) is 0.811. The quantitative estimate of drug-likeness (QED) is 0.372. The Labute approximate surface area is 53.5 Å². The standard InChI is InChI=1S/C5H10N2O2/c1-9-5(7)2-4(6)3-8/h6-8H,2-3H2,1H3. The van der Waals surface area contributed by atoms with Crippen LogP contribution in [-0.4, -0.2) is 30.4 Å². The lowest BCUT2D eigenvalue weighted by molar-refractivity contribution is 0.352. The minimum atomic E-state index is -0.300. The average molecular weight is 130 g/mol. The van der Waals surface area contributed by atoms with Gasteiger partial charge in [0.1, 0.15) is 0 Å². The van der Waals surface area contributed by atoms with Crippen LogP contribution >= 0.6 is 0 Å². The van der Waals surface area contributed by atoms with E-state index < -0.39 is 0 Å². The number of nitrogens with one attached hydrogen (secondary N) is 2. The predicted octanol–water partition coefficient (Wildman–Crippen LogP) is 0.0122. The topological polar surface area (TPSA) is 77.2 Å². The second kappa shape index (κ2) is 4.03. The van der Waals surface area contributed by atoms with E-state index in [2.05, 4.69) is 4.74 Å². The maximum Gasteiger partial charge on any atom is 0.185 e. The summed E-state index contributed by atoms with van der Waals surface area (Å²) in [5.41, 5.74) is 0.0989. The van der Waals surface area contributed by atoms with Gasteiger partial charge in [-0.15, -0.1) is 0 Å². The average Bonchev–Trinajstić information content (AvgIpc) is 1.87. The molecule has 0 bridgehead atoms. The maximum atomic E-state index is 8.30. The molecule has 0 rings (SSSR count). The van der Waals surface area contributed by atoms with E-state index in [9.17, 15) is 0 Å². The highest BCUT2D eigenvalue weighted by Gasteiger charge is 1.98. The minimum absolute atomic E-state index is 0.00838. The maximum absolute atomic E-state index is 8.30. The van der Waals surface area contributed by atoms with Crippen molar-refractivity contribution in [3.05, 3.63) is 0 Å². The number of methoxy groups -OCH3 is 1. The molecule has 0 aromatic carbocycles. The molecule has 0 saturated carbocycles. The Morgan fingerprint density at radius 3 is 2.44 bits per heavy atom. The van der Waals surface area contributed by atoms with Gasteiger partial charge in [-0.1, -0.05) is 0 Å². The monoisotopic (exact) mass is 130 g/mol. The number of aliphatic hydroxyl groups is 1. The van der Waals surface area contributed by atoms with Crippen molar-refractivity contribution in [2.75, 3.05) is 13.7 Å². The molecule has 0 heterocycles. The molecule has 0 aliphatic heterocycles. The van der Waals surface area contributed by atoms with E-state index in [4.69, 9.17) is 15.9 Å². The SMILES string of the molecule is COC(=N)CC(=N)CO. The summed E-state index contributed by atoms with van der Waals surface area (Å²) in [5.74, 6) is 0.00838. The van der Waals surface area contributed by atoms with Crippen LogP contribution < -0.4 is 0 Å². The third kappa shape index (κ3) is 3.66. The first-order valence-electron chi connectivity index (χ1n) is 2.49. The lowest BCUT2D eigenvalue weighted by Gasteiger charge is -1.99. The Morgan fingerprint density at radius 2 is 2.11 bits per heavy atom. The fourth-order valence-electron chi connectivity index (χ4n) is 0.322. The van der Waals surface area contributed by atoms with E-state index in [-0.39, 0.29) is 24.6 Å². The predicted molar refractivity (Wildman–Crippen MR) is 34.2 cm³/mol. The number of rotatable bonds is 3. The van der Waals surface area contributed by atoms with Crippen LogP contribution in [0.3, 0.4) is 0 Å². The lowest BCUT2D eigenvalue weighted by Crippen LogP contribution is -2.10. The van der Waals surface area contributed by atoms with E-state index in [0.29, 0.717) is 0 Å². The van der Waals surface area contributed by atoms with Gasteiger partial charge in [-0.2, -0.15) is 0 Å². The molecule has 0 spiro atoms.